The van der Waals surface area contributed by atoms with Gasteiger partial charge in [0, 0.05) is 18.4 Å². The number of aryl methyl sites for hydroxylation is 1. The zero-order valence-electron chi connectivity index (χ0n) is 13.3. The monoisotopic (exact) mass is 332 g/mol. The Kier molecular flexibility index (Phi) is 4.01. The average Bonchev–Trinajstić information content (AvgIpc) is 2.99. The lowest BCUT2D eigenvalue weighted by Crippen LogP contribution is -1.95. The van der Waals surface area contributed by atoms with E-state index in [4.69, 9.17) is 4.98 Å². The molecule has 0 fully saturated rings. The summed E-state index contributed by atoms with van der Waals surface area (Å²) in [7, 11) is 2.02. The van der Waals surface area contributed by atoms with E-state index in [1.807, 2.05) is 31.3 Å². The molecule has 24 heavy (non-hydrogen) atoms. The molecule has 0 N–H and O–H groups in total. The fourth-order valence-corrected chi connectivity index (χ4v) is 3.67. The molecular weight excluding hydrogens is 316 g/mol. The SMILES string of the molecule is Cn1c(-c2ccccc2)nc2ncnc(SCc3ccccc3)c21. The van der Waals surface area contributed by atoms with Gasteiger partial charge in [0.1, 0.15) is 22.7 Å². The summed E-state index contributed by atoms with van der Waals surface area (Å²) in [5.74, 6) is 1.78. The van der Waals surface area contributed by atoms with E-state index in [-0.39, 0.29) is 0 Å². The number of hydrogen-bond donors (Lipinski definition) is 0. The second-order valence-electron chi connectivity index (χ2n) is 5.49. The van der Waals surface area contributed by atoms with Gasteiger partial charge in [0.2, 0.25) is 0 Å². The van der Waals surface area contributed by atoms with Crippen LogP contribution in [0.15, 0.2) is 72.0 Å². The molecule has 2 aromatic heterocycles. The molecule has 0 spiro atoms. The largest absolute Gasteiger partial charge is 0.324 e. The fraction of sp³-hybridized carbons (Fsp3) is 0.105. The Balaban J connectivity index is 1.73. The van der Waals surface area contributed by atoms with E-state index < -0.39 is 0 Å². The molecule has 2 aromatic carbocycles. The molecular formula is C19H16N4S. The Hall–Kier alpha value is -2.66. The smallest absolute Gasteiger partial charge is 0.182 e. The van der Waals surface area contributed by atoms with E-state index in [0.717, 1.165) is 33.3 Å². The van der Waals surface area contributed by atoms with Crippen molar-refractivity contribution < 1.29 is 0 Å². The Bertz CT molecular complexity index is 965. The number of aromatic nitrogens is 4. The van der Waals surface area contributed by atoms with Gasteiger partial charge in [0.25, 0.3) is 0 Å². The molecule has 0 aliphatic rings. The van der Waals surface area contributed by atoms with Gasteiger partial charge in [-0.1, -0.05) is 72.4 Å². The van der Waals surface area contributed by atoms with Crippen LogP contribution < -0.4 is 0 Å². The van der Waals surface area contributed by atoms with Crippen molar-refractivity contribution in [1.29, 1.82) is 0 Å². The molecule has 4 nitrogen and oxygen atoms in total. The quantitative estimate of drug-likeness (QED) is 0.412. The molecule has 0 aliphatic carbocycles. The van der Waals surface area contributed by atoms with Gasteiger partial charge < -0.3 is 4.57 Å². The summed E-state index contributed by atoms with van der Waals surface area (Å²) in [5.41, 5.74) is 4.08. The van der Waals surface area contributed by atoms with Crippen molar-refractivity contribution in [2.45, 2.75) is 10.8 Å². The molecule has 0 saturated carbocycles. The van der Waals surface area contributed by atoms with Crippen LogP contribution in [0.3, 0.4) is 0 Å². The van der Waals surface area contributed by atoms with E-state index in [2.05, 4.69) is 50.9 Å². The van der Waals surface area contributed by atoms with Gasteiger partial charge in [-0.3, -0.25) is 0 Å². The summed E-state index contributed by atoms with van der Waals surface area (Å²) in [6.45, 7) is 0. The van der Waals surface area contributed by atoms with Gasteiger partial charge >= 0.3 is 0 Å². The number of thioether (sulfide) groups is 1. The first kappa shape index (κ1) is 14.9. The van der Waals surface area contributed by atoms with Gasteiger partial charge in [0.15, 0.2) is 5.65 Å². The Morgan fingerprint density at radius 3 is 2.38 bits per heavy atom. The third-order valence-electron chi connectivity index (χ3n) is 3.88. The highest BCUT2D eigenvalue weighted by atomic mass is 32.2. The van der Waals surface area contributed by atoms with Gasteiger partial charge in [0.05, 0.1) is 0 Å². The highest BCUT2D eigenvalue weighted by Crippen LogP contribution is 2.30. The topological polar surface area (TPSA) is 43.6 Å². The Labute approximate surface area is 144 Å². The fourth-order valence-electron chi connectivity index (χ4n) is 2.69. The van der Waals surface area contributed by atoms with E-state index in [1.54, 1.807) is 18.1 Å². The highest BCUT2D eigenvalue weighted by molar-refractivity contribution is 7.98. The first-order valence-electron chi connectivity index (χ1n) is 7.72. The van der Waals surface area contributed by atoms with Crippen LogP contribution in [0, 0.1) is 0 Å². The molecule has 4 rings (SSSR count). The van der Waals surface area contributed by atoms with E-state index in [1.165, 1.54) is 5.56 Å². The van der Waals surface area contributed by atoms with Crippen LogP contribution in [0.25, 0.3) is 22.6 Å². The maximum Gasteiger partial charge on any atom is 0.182 e. The van der Waals surface area contributed by atoms with Crippen LogP contribution >= 0.6 is 11.8 Å². The first-order chi connectivity index (χ1) is 11.8. The normalized spacial score (nSPS) is 11.0. The molecule has 0 amide bonds. The molecule has 0 bridgehead atoms. The summed E-state index contributed by atoms with van der Waals surface area (Å²) < 4.78 is 2.08. The zero-order chi connectivity index (χ0) is 16.4. The third kappa shape index (κ3) is 2.78. The van der Waals surface area contributed by atoms with E-state index in [9.17, 15) is 0 Å². The maximum absolute atomic E-state index is 4.70. The van der Waals surface area contributed by atoms with Crippen LogP contribution in [-0.4, -0.2) is 19.5 Å². The second kappa shape index (κ2) is 6.45. The molecule has 118 valence electrons. The number of hydrogen-bond acceptors (Lipinski definition) is 4. The highest BCUT2D eigenvalue weighted by Gasteiger charge is 2.15. The maximum atomic E-state index is 4.70. The molecule has 0 aliphatic heterocycles. The number of benzene rings is 2. The molecule has 0 radical (unpaired) electrons. The lowest BCUT2D eigenvalue weighted by Gasteiger charge is -2.05. The molecule has 0 saturated heterocycles. The molecule has 4 aromatic rings. The summed E-state index contributed by atoms with van der Waals surface area (Å²) >= 11 is 1.71. The minimum atomic E-state index is 0.738. The van der Waals surface area contributed by atoms with Crippen molar-refractivity contribution in [3.63, 3.8) is 0 Å². The van der Waals surface area contributed by atoms with Crippen LogP contribution in [0.2, 0.25) is 0 Å². The van der Waals surface area contributed by atoms with Gasteiger partial charge in [-0.25, -0.2) is 15.0 Å². The number of imidazole rings is 1. The number of nitrogens with zero attached hydrogens (tertiary/aromatic N) is 4. The van der Waals surface area contributed by atoms with Crippen molar-refractivity contribution in [1.82, 2.24) is 19.5 Å². The first-order valence-corrected chi connectivity index (χ1v) is 8.71. The summed E-state index contributed by atoms with van der Waals surface area (Å²) in [6, 6.07) is 20.6. The predicted octanol–water partition coefficient (Wildman–Crippen LogP) is 4.32. The standard InChI is InChI=1S/C19H16N4S/c1-23-16-17(22-18(23)15-10-6-3-7-11-15)20-13-21-19(16)24-12-14-8-4-2-5-9-14/h2-11,13H,12H2,1H3. The molecule has 5 heteroatoms. The summed E-state index contributed by atoms with van der Waals surface area (Å²) in [4.78, 5) is 13.5. The van der Waals surface area contributed by atoms with Crippen molar-refractivity contribution in [2.75, 3.05) is 0 Å². The third-order valence-corrected chi connectivity index (χ3v) is 4.93. The van der Waals surface area contributed by atoms with Crippen LogP contribution in [0.5, 0.6) is 0 Å². The minimum Gasteiger partial charge on any atom is -0.324 e. The van der Waals surface area contributed by atoms with Gasteiger partial charge in [-0.05, 0) is 5.56 Å². The lowest BCUT2D eigenvalue weighted by atomic mass is 10.2. The molecule has 2 heterocycles. The second-order valence-corrected chi connectivity index (χ2v) is 6.45. The number of rotatable bonds is 4. The van der Waals surface area contributed by atoms with Crippen molar-refractivity contribution in [2.24, 2.45) is 7.05 Å². The van der Waals surface area contributed by atoms with Gasteiger partial charge in [-0.2, -0.15) is 0 Å². The van der Waals surface area contributed by atoms with Crippen molar-refractivity contribution >= 4 is 22.9 Å². The summed E-state index contributed by atoms with van der Waals surface area (Å²) in [6.07, 6.45) is 1.59. The lowest BCUT2D eigenvalue weighted by molar-refractivity contribution is 0.934. The average molecular weight is 332 g/mol. The minimum absolute atomic E-state index is 0.738. The van der Waals surface area contributed by atoms with Crippen molar-refractivity contribution in [3.8, 4) is 11.4 Å². The number of fused-ring (bicyclic) bond motifs is 1. The van der Waals surface area contributed by atoms with Crippen LogP contribution in [0.4, 0.5) is 0 Å². The van der Waals surface area contributed by atoms with Crippen LogP contribution in [-0.2, 0) is 12.8 Å². The van der Waals surface area contributed by atoms with Crippen LogP contribution in [0.1, 0.15) is 5.56 Å². The predicted molar refractivity (Wildman–Crippen MR) is 97.7 cm³/mol. The summed E-state index contributed by atoms with van der Waals surface area (Å²) in [5, 5.41) is 0.959. The Morgan fingerprint density at radius 1 is 0.917 bits per heavy atom. The Morgan fingerprint density at radius 2 is 1.62 bits per heavy atom. The van der Waals surface area contributed by atoms with Crippen molar-refractivity contribution in [3.05, 3.63) is 72.6 Å². The van der Waals surface area contributed by atoms with E-state index in [0.29, 0.717) is 0 Å². The zero-order valence-corrected chi connectivity index (χ0v) is 14.1. The van der Waals surface area contributed by atoms with E-state index >= 15 is 0 Å². The molecule has 0 atom stereocenters. The van der Waals surface area contributed by atoms with Gasteiger partial charge in [-0.15, -0.1) is 0 Å². The molecule has 0 unspecified atom stereocenters.